The molecular formula is C30H48O4. The summed E-state index contributed by atoms with van der Waals surface area (Å²) in [5.41, 5.74) is 2.06. The van der Waals surface area contributed by atoms with E-state index >= 15 is 0 Å². The molecule has 1 N–H and O–H groups in total. The van der Waals surface area contributed by atoms with E-state index in [1.54, 1.807) is 0 Å². The van der Waals surface area contributed by atoms with Crippen LogP contribution in [-0.2, 0) is 14.3 Å². The van der Waals surface area contributed by atoms with Crippen LogP contribution in [0.3, 0.4) is 0 Å². The van der Waals surface area contributed by atoms with Gasteiger partial charge in [-0.1, -0.05) is 58.6 Å². The summed E-state index contributed by atoms with van der Waals surface area (Å²) in [5.74, 6) is 4.50. The van der Waals surface area contributed by atoms with Crippen LogP contribution in [0.2, 0.25) is 0 Å². The van der Waals surface area contributed by atoms with Gasteiger partial charge in [0.25, 0.3) is 0 Å². The normalized spacial score (nSPS) is 37.9. The van der Waals surface area contributed by atoms with Crippen LogP contribution in [0.5, 0.6) is 0 Å². The molecule has 0 aromatic carbocycles. The van der Waals surface area contributed by atoms with Crippen LogP contribution in [0, 0.1) is 46.8 Å². The molecule has 3 fully saturated rings. The Morgan fingerprint density at radius 3 is 2.59 bits per heavy atom. The molecule has 0 amide bonds. The Bertz CT molecular complexity index is 770. The van der Waals surface area contributed by atoms with Crippen LogP contribution < -0.4 is 0 Å². The first-order chi connectivity index (χ1) is 16.2. The maximum atomic E-state index is 12.0. The molecular weight excluding hydrogens is 424 g/mol. The zero-order valence-electron chi connectivity index (χ0n) is 22.1. The highest BCUT2D eigenvalue weighted by Crippen LogP contribution is 2.64. The summed E-state index contributed by atoms with van der Waals surface area (Å²) in [5, 5.41) is 8.80. The van der Waals surface area contributed by atoms with E-state index in [1.807, 2.05) is 0 Å². The van der Waals surface area contributed by atoms with Crippen molar-refractivity contribution in [3.8, 4) is 0 Å². The number of carbonyl (C=O) groups excluding carboxylic acids is 1. The second-order valence-corrected chi connectivity index (χ2v) is 12.9. The average molecular weight is 473 g/mol. The Morgan fingerprint density at radius 2 is 1.85 bits per heavy atom. The number of hydrogen-bond acceptors (Lipinski definition) is 3. The van der Waals surface area contributed by atoms with Gasteiger partial charge in [0.1, 0.15) is 6.10 Å². The van der Waals surface area contributed by atoms with E-state index < -0.39 is 5.97 Å². The monoisotopic (exact) mass is 472 g/mol. The van der Waals surface area contributed by atoms with Gasteiger partial charge in [0, 0.05) is 6.42 Å². The predicted octanol–water partition coefficient (Wildman–Crippen LogP) is 7.41. The molecule has 0 unspecified atom stereocenters. The molecule has 0 aromatic rings. The molecule has 0 radical (unpaired) electrons. The van der Waals surface area contributed by atoms with Crippen molar-refractivity contribution in [3.05, 3.63) is 11.6 Å². The predicted molar refractivity (Wildman–Crippen MR) is 135 cm³/mol. The maximum Gasteiger partial charge on any atom is 0.306 e. The van der Waals surface area contributed by atoms with Crippen molar-refractivity contribution >= 4 is 11.9 Å². The summed E-state index contributed by atoms with van der Waals surface area (Å²) in [7, 11) is 0. The highest BCUT2D eigenvalue weighted by molar-refractivity contribution is 5.76. The topological polar surface area (TPSA) is 63.6 Å². The van der Waals surface area contributed by atoms with Gasteiger partial charge in [-0.05, 0) is 91.8 Å². The van der Waals surface area contributed by atoms with Gasteiger partial charge in [0.05, 0.1) is 12.8 Å². The van der Waals surface area contributed by atoms with Gasteiger partial charge < -0.3 is 9.84 Å². The van der Waals surface area contributed by atoms with Crippen molar-refractivity contribution < 1.29 is 19.4 Å². The molecule has 0 saturated heterocycles. The molecule has 4 aliphatic rings. The smallest absolute Gasteiger partial charge is 0.306 e. The highest BCUT2D eigenvalue weighted by Gasteiger charge is 2.56. The van der Waals surface area contributed by atoms with Crippen molar-refractivity contribution in [1.29, 1.82) is 0 Å². The van der Waals surface area contributed by atoms with E-state index in [2.05, 4.69) is 33.8 Å². The van der Waals surface area contributed by atoms with Gasteiger partial charge in [0.2, 0.25) is 0 Å². The van der Waals surface area contributed by atoms with Crippen LogP contribution in [0.1, 0.15) is 111 Å². The molecule has 4 aliphatic carbocycles. The molecule has 4 rings (SSSR count). The number of ether oxygens (including phenoxy) is 1. The van der Waals surface area contributed by atoms with Crippen LogP contribution in [0.15, 0.2) is 11.6 Å². The lowest BCUT2D eigenvalue weighted by Gasteiger charge is -2.54. The highest BCUT2D eigenvalue weighted by atomic mass is 16.5. The van der Waals surface area contributed by atoms with E-state index in [0.717, 1.165) is 54.8 Å². The third kappa shape index (κ3) is 5.41. The van der Waals surface area contributed by atoms with Crippen molar-refractivity contribution in [2.75, 3.05) is 0 Å². The Balaban J connectivity index is 1.36. The van der Waals surface area contributed by atoms with Crippen LogP contribution in [-0.4, -0.2) is 23.1 Å². The number of carboxylic acid groups (broad SMARTS) is 1. The fraction of sp³-hybridized carbons (Fsp3) is 0.867. The quantitative estimate of drug-likeness (QED) is 0.280. The van der Waals surface area contributed by atoms with Gasteiger partial charge in [-0.25, -0.2) is 0 Å². The summed E-state index contributed by atoms with van der Waals surface area (Å²) < 4.78 is 5.66. The third-order valence-electron chi connectivity index (χ3n) is 10.4. The molecule has 0 spiro atoms. The lowest BCUT2D eigenvalue weighted by molar-refractivity contribution is -0.153. The largest absolute Gasteiger partial charge is 0.481 e. The number of rotatable bonds is 9. The van der Waals surface area contributed by atoms with Gasteiger partial charge in [-0.3, -0.25) is 9.59 Å². The first kappa shape index (κ1) is 25.8. The number of esters is 1. The zero-order valence-corrected chi connectivity index (χ0v) is 22.1. The van der Waals surface area contributed by atoms with E-state index in [1.165, 1.54) is 56.9 Å². The van der Waals surface area contributed by atoms with Crippen molar-refractivity contribution in [3.63, 3.8) is 0 Å². The Kier molecular flexibility index (Phi) is 8.14. The molecule has 0 aliphatic heterocycles. The fourth-order valence-electron chi connectivity index (χ4n) is 8.81. The average Bonchev–Trinajstić information content (AvgIpc) is 3.14. The van der Waals surface area contributed by atoms with Crippen LogP contribution >= 0.6 is 0 Å². The minimum Gasteiger partial charge on any atom is -0.481 e. The second-order valence-electron chi connectivity index (χ2n) is 12.9. The molecule has 3 saturated carbocycles. The number of carboxylic acids is 1. The van der Waals surface area contributed by atoms with E-state index in [4.69, 9.17) is 9.84 Å². The summed E-state index contributed by atoms with van der Waals surface area (Å²) in [6.45, 7) is 9.89. The maximum absolute atomic E-state index is 12.0. The second kappa shape index (κ2) is 10.7. The molecule has 0 aromatic heterocycles. The van der Waals surface area contributed by atoms with E-state index in [0.29, 0.717) is 11.3 Å². The van der Waals surface area contributed by atoms with Gasteiger partial charge in [-0.15, -0.1) is 0 Å². The number of allylic oxidation sites excluding steroid dienone is 1. The fourth-order valence-corrected chi connectivity index (χ4v) is 8.81. The minimum absolute atomic E-state index is 0.0175. The van der Waals surface area contributed by atoms with E-state index in [9.17, 15) is 9.59 Å². The first-order valence-electron chi connectivity index (χ1n) is 14.3. The Labute approximate surface area is 207 Å². The molecule has 8 atom stereocenters. The summed E-state index contributed by atoms with van der Waals surface area (Å²) in [4.78, 5) is 22.8. The van der Waals surface area contributed by atoms with Gasteiger partial charge >= 0.3 is 11.9 Å². The minimum atomic E-state index is -0.940. The number of carbonyl (C=O) groups is 2. The number of fused-ring (bicyclic) bond motifs is 5. The lowest BCUT2D eigenvalue weighted by Crippen LogP contribution is -2.47. The Morgan fingerprint density at radius 1 is 1.06 bits per heavy atom. The molecule has 0 heterocycles. The Hall–Kier alpha value is -1.32. The van der Waals surface area contributed by atoms with Crippen LogP contribution in [0.25, 0.3) is 0 Å². The summed E-state index contributed by atoms with van der Waals surface area (Å²) in [6.07, 6.45) is 16.2. The first-order valence-corrected chi connectivity index (χ1v) is 14.3. The summed E-state index contributed by atoms with van der Waals surface area (Å²) in [6, 6.07) is 0. The molecule has 0 bridgehead atoms. The standard InChI is InChI=1S/C30H48O4/c1-19(2)6-5-7-20(3)26-12-13-27-25-10-8-21-18-22(34-29(33)15-14-28(31)32)9-11-23(21)24(25)16-17-30(26,27)4/h8,19-20,22-27H,5-7,9-18H2,1-4H3,(H,31,32)/t20-,22+,23+,24-,25-,26-,27+,30-/m1/s1. The van der Waals surface area contributed by atoms with Crippen LogP contribution in [0.4, 0.5) is 0 Å². The van der Waals surface area contributed by atoms with Crippen molar-refractivity contribution in [1.82, 2.24) is 0 Å². The number of hydrogen-bond donors (Lipinski definition) is 1. The molecule has 4 nitrogen and oxygen atoms in total. The van der Waals surface area contributed by atoms with Gasteiger partial charge in [-0.2, -0.15) is 0 Å². The summed E-state index contributed by atoms with van der Waals surface area (Å²) >= 11 is 0. The molecule has 4 heteroatoms. The lowest BCUT2D eigenvalue weighted by atomic mass is 9.51. The van der Waals surface area contributed by atoms with E-state index in [-0.39, 0.29) is 24.9 Å². The third-order valence-corrected chi connectivity index (χ3v) is 10.4. The zero-order chi connectivity index (χ0) is 24.5. The van der Waals surface area contributed by atoms with Gasteiger partial charge in [0.15, 0.2) is 0 Å². The number of aliphatic carboxylic acids is 1. The molecule has 192 valence electrons. The molecule has 34 heavy (non-hydrogen) atoms. The van der Waals surface area contributed by atoms with Crippen molar-refractivity contribution in [2.45, 2.75) is 117 Å². The SMILES string of the molecule is CC(C)CCC[C@@H](C)[C@H]1CC[C@H]2[C@@H]3CC=C4C[C@@H](OC(=O)CCC(=O)O)CC[C@@H]4[C@H]3CC[C@]12C. The van der Waals surface area contributed by atoms with Crippen molar-refractivity contribution in [2.24, 2.45) is 46.8 Å².